The number of aromatic nitrogens is 4. The molecule has 4 rings (SSSR count). The van der Waals surface area contributed by atoms with Crippen LogP contribution in [-0.2, 0) is 13.7 Å². The minimum absolute atomic E-state index is 0.458. The Kier molecular flexibility index (Phi) is 5.88. The summed E-state index contributed by atoms with van der Waals surface area (Å²) in [6, 6.07) is 13.8. The molecule has 7 heteroatoms. The van der Waals surface area contributed by atoms with E-state index in [2.05, 4.69) is 43.5 Å². The molecule has 0 amide bonds. The Morgan fingerprint density at radius 1 is 1.03 bits per heavy atom. The summed E-state index contributed by atoms with van der Waals surface area (Å²) in [5.74, 6) is 1.63. The predicted molar refractivity (Wildman–Crippen MR) is 123 cm³/mol. The number of halogens is 2. The second-order valence-electron chi connectivity index (χ2n) is 7.08. The number of ether oxygens (including phenoxy) is 1. The molecule has 0 fully saturated rings. The molecule has 0 aliphatic rings. The van der Waals surface area contributed by atoms with Crippen molar-refractivity contribution in [3.63, 3.8) is 0 Å². The second-order valence-corrected chi connectivity index (χ2v) is 8.22. The fraction of sp³-hybridized carbons (Fsp3) is 0.174. The van der Waals surface area contributed by atoms with Crippen molar-refractivity contribution in [1.29, 1.82) is 0 Å². The van der Waals surface area contributed by atoms with Gasteiger partial charge in [0.1, 0.15) is 27.9 Å². The van der Waals surface area contributed by atoms with Crippen LogP contribution in [0.3, 0.4) is 0 Å². The summed E-state index contributed by atoms with van der Waals surface area (Å²) < 4.78 is 8.78. The highest BCUT2D eigenvalue weighted by molar-refractivity contribution is 9.10. The third-order valence-corrected chi connectivity index (χ3v) is 5.65. The van der Waals surface area contributed by atoms with Crippen LogP contribution in [-0.4, -0.2) is 19.5 Å². The summed E-state index contributed by atoms with van der Waals surface area (Å²) >= 11 is 9.54. The Morgan fingerprint density at radius 2 is 1.87 bits per heavy atom. The standard InChI is InChI=1S/C23H20BrClN4O/c1-14-10-18(30-13-16-5-4-15(2)26-11-16)7-8-19(14)21-22(24)28-23(29(21)3)17-6-9-20(25)27-12-17/h4-12H,13H2,1-3H3. The number of rotatable bonds is 5. The average Bonchev–Trinajstić information content (AvgIpc) is 3.02. The molecule has 3 heterocycles. The van der Waals surface area contributed by atoms with Gasteiger partial charge >= 0.3 is 0 Å². The van der Waals surface area contributed by atoms with E-state index >= 15 is 0 Å². The average molecular weight is 484 g/mol. The first-order valence-electron chi connectivity index (χ1n) is 9.42. The van der Waals surface area contributed by atoms with Gasteiger partial charge in [0.05, 0.1) is 5.69 Å². The van der Waals surface area contributed by atoms with Crippen LogP contribution in [0.4, 0.5) is 0 Å². The van der Waals surface area contributed by atoms with Crippen LogP contribution in [0.25, 0.3) is 22.6 Å². The molecule has 30 heavy (non-hydrogen) atoms. The van der Waals surface area contributed by atoms with E-state index in [0.717, 1.165) is 49.8 Å². The van der Waals surface area contributed by atoms with Crippen LogP contribution in [0, 0.1) is 13.8 Å². The summed E-state index contributed by atoms with van der Waals surface area (Å²) in [7, 11) is 1.99. The fourth-order valence-electron chi connectivity index (χ4n) is 3.27. The van der Waals surface area contributed by atoms with Crippen molar-refractivity contribution >= 4 is 27.5 Å². The van der Waals surface area contributed by atoms with Crippen molar-refractivity contribution in [3.05, 3.63) is 81.4 Å². The van der Waals surface area contributed by atoms with E-state index in [1.165, 1.54) is 0 Å². The first-order valence-corrected chi connectivity index (χ1v) is 10.6. The highest BCUT2D eigenvalue weighted by Crippen LogP contribution is 2.35. The first-order chi connectivity index (χ1) is 14.4. The van der Waals surface area contributed by atoms with Gasteiger partial charge in [0.25, 0.3) is 0 Å². The lowest BCUT2D eigenvalue weighted by Crippen LogP contribution is -1.99. The Balaban J connectivity index is 1.60. The van der Waals surface area contributed by atoms with Crippen LogP contribution >= 0.6 is 27.5 Å². The minimum Gasteiger partial charge on any atom is -0.489 e. The van der Waals surface area contributed by atoms with Crippen LogP contribution in [0.15, 0.2) is 59.5 Å². The molecule has 0 saturated carbocycles. The number of imidazole rings is 1. The van der Waals surface area contributed by atoms with Crippen LogP contribution in [0.2, 0.25) is 5.15 Å². The summed E-state index contributed by atoms with van der Waals surface area (Å²) in [4.78, 5) is 13.2. The SMILES string of the molecule is Cc1ccc(COc2ccc(-c3c(Br)nc(-c4ccc(Cl)nc4)n3C)c(C)c2)cn1. The zero-order chi connectivity index (χ0) is 21.3. The van der Waals surface area contributed by atoms with E-state index in [9.17, 15) is 0 Å². The maximum absolute atomic E-state index is 5.95. The lowest BCUT2D eigenvalue weighted by atomic mass is 10.1. The van der Waals surface area contributed by atoms with Crippen molar-refractivity contribution in [2.75, 3.05) is 0 Å². The van der Waals surface area contributed by atoms with E-state index in [-0.39, 0.29) is 0 Å². The molecule has 152 valence electrons. The molecular weight excluding hydrogens is 464 g/mol. The largest absolute Gasteiger partial charge is 0.489 e. The Labute approximate surface area is 188 Å². The highest BCUT2D eigenvalue weighted by Gasteiger charge is 2.18. The number of hydrogen-bond donors (Lipinski definition) is 0. The molecule has 3 aromatic heterocycles. The first kappa shape index (κ1) is 20.6. The van der Waals surface area contributed by atoms with Crippen molar-refractivity contribution in [2.24, 2.45) is 7.05 Å². The third-order valence-electron chi connectivity index (χ3n) is 4.87. The smallest absolute Gasteiger partial charge is 0.143 e. The molecule has 4 aromatic rings. The van der Waals surface area contributed by atoms with Gasteiger partial charge in [0, 0.05) is 41.8 Å². The van der Waals surface area contributed by atoms with Gasteiger partial charge in [-0.3, -0.25) is 4.98 Å². The van der Waals surface area contributed by atoms with E-state index < -0.39 is 0 Å². The van der Waals surface area contributed by atoms with Gasteiger partial charge in [-0.05, 0) is 71.7 Å². The third kappa shape index (κ3) is 4.25. The molecule has 0 aliphatic heterocycles. The van der Waals surface area contributed by atoms with Gasteiger partial charge in [0.15, 0.2) is 0 Å². The van der Waals surface area contributed by atoms with Crippen molar-refractivity contribution in [1.82, 2.24) is 19.5 Å². The van der Waals surface area contributed by atoms with Gasteiger partial charge in [-0.15, -0.1) is 0 Å². The van der Waals surface area contributed by atoms with Gasteiger partial charge in [-0.2, -0.15) is 0 Å². The summed E-state index contributed by atoms with van der Waals surface area (Å²) in [5, 5.41) is 0.458. The number of aryl methyl sites for hydroxylation is 2. The minimum atomic E-state index is 0.458. The molecule has 0 spiro atoms. The number of hydrogen-bond acceptors (Lipinski definition) is 4. The van der Waals surface area contributed by atoms with Crippen LogP contribution in [0.1, 0.15) is 16.8 Å². The zero-order valence-corrected chi connectivity index (χ0v) is 19.2. The molecule has 0 aliphatic carbocycles. The zero-order valence-electron chi connectivity index (χ0n) is 16.9. The number of nitrogens with zero attached hydrogens (tertiary/aromatic N) is 4. The molecule has 1 aromatic carbocycles. The molecule has 0 bridgehead atoms. The molecule has 0 radical (unpaired) electrons. The van der Waals surface area contributed by atoms with Gasteiger partial charge in [0.2, 0.25) is 0 Å². The monoisotopic (exact) mass is 482 g/mol. The van der Waals surface area contributed by atoms with E-state index in [1.54, 1.807) is 12.3 Å². The molecule has 5 nitrogen and oxygen atoms in total. The van der Waals surface area contributed by atoms with Crippen molar-refractivity contribution < 1.29 is 4.74 Å². The summed E-state index contributed by atoms with van der Waals surface area (Å²) in [5.41, 5.74) is 6.10. The summed E-state index contributed by atoms with van der Waals surface area (Å²) in [6.45, 7) is 4.52. The lowest BCUT2D eigenvalue weighted by molar-refractivity contribution is 0.305. The van der Waals surface area contributed by atoms with Crippen molar-refractivity contribution in [3.8, 4) is 28.4 Å². The molecular formula is C23H20BrClN4O. The Morgan fingerprint density at radius 3 is 2.53 bits per heavy atom. The van der Waals surface area contributed by atoms with E-state index in [4.69, 9.17) is 21.3 Å². The fourth-order valence-corrected chi connectivity index (χ4v) is 4.02. The van der Waals surface area contributed by atoms with Gasteiger partial charge < -0.3 is 9.30 Å². The number of benzene rings is 1. The summed E-state index contributed by atoms with van der Waals surface area (Å²) in [6.07, 6.45) is 3.57. The highest BCUT2D eigenvalue weighted by atomic mass is 79.9. The van der Waals surface area contributed by atoms with E-state index in [0.29, 0.717) is 11.8 Å². The topological polar surface area (TPSA) is 52.8 Å². The Bertz CT molecular complexity index is 1190. The molecule has 0 saturated heterocycles. The van der Waals surface area contributed by atoms with Gasteiger partial charge in [-0.25, -0.2) is 9.97 Å². The quantitative estimate of drug-likeness (QED) is 0.319. The van der Waals surface area contributed by atoms with E-state index in [1.807, 2.05) is 50.5 Å². The predicted octanol–water partition coefficient (Wildman–Crippen LogP) is 6.16. The second kappa shape index (κ2) is 8.58. The number of pyridine rings is 2. The molecule has 0 unspecified atom stereocenters. The van der Waals surface area contributed by atoms with Gasteiger partial charge in [-0.1, -0.05) is 17.7 Å². The molecule has 0 N–H and O–H groups in total. The maximum atomic E-state index is 5.95. The van der Waals surface area contributed by atoms with Crippen LogP contribution < -0.4 is 4.74 Å². The van der Waals surface area contributed by atoms with Crippen molar-refractivity contribution in [2.45, 2.75) is 20.5 Å². The van der Waals surface area contributed by atoms with Crippen LogP contribution in [0.5, 0.6) is 5.75 Å². The molecule has 0 atom stereocenters. The normalized spacial score (nSPS) is 11.0. The Hall–Kier alpha value is -2.70. The maximum Gasteiger partial charge on any atom is 0.143 e. The lowest BCUT2D eigenvalue weighted by Gasteiger charge is -2.12.